The van der Waals surface area contributed by atoms with E-state index in [1.54, 1.807) is 0 Å². The van der Waals surface area contributed by atoms with E-state index in [0.717, 1.165) is 90.3 Å². The molecule has 0 radical (unpaired) electrons. The van der Waals surface area contributed by atoms with Gasteiger partial charge in [-0.2, -0.15) is 6.42 Å². The van der Waals surface area contributed by atoms with Crippen LogP contribution >= 0.6 is 39.1 Å². The molecule has 0 unspecified atom stereocenters. The zero-order valence-electron chi connectivity index (χ0n) is 41.8. The topological polar surface area (TPSA) is 46.5 Å². The van der Waals surface area contributed by atoms with Gasteiger partial charge in [-0.3, -0.25) is 4.79 Å². The van der Waals surface area contributed by atoms with Crippen molar-refractivity contribution in [1.82, 2.24) is 0 Å². The monoisotopic (exact) mass is 1030 g/mol. The Morgan fingerprint density at radius 1 is 0.493 bits per heavy atom. The minimum absolute atomic E-state index is 0. The van der Waals surface area contributed by atoms with Gasteiger partial charge >= 0.3 is 18.9 Å². The third kappa shape index (κ3) is 12.3. The summed E-state index contributed by atoms with van der Waals surface area (Å²) >= 11 is 15.5. The summed E-state index contributed by atoms with van der Waals surface area (Å²) in [5.74, 6) is 0.149. The number of halogens is 3. The van der Waals surface area contributed by atoms with E-state index >= 15 is 0 Å². The largest absolute Gasteiger partial charge is 1.00 e. The van der Waals surface area contributed by atoms with Crippen molar-refractivity contribution >= 4 is 44.9 Å². The van der Waals surface area contributed by atoms with Gasteiger partial charge in [-0.15, -0.1) is 0 Å². The Bertz CT molecular complexity index is 2900. The number of carbonyl (C=O) groups is 1. The van der Waals surface area contributed by atoms with Crippen LogP contribution in [0.3, 0.4) is 0 Å². The molecule has 1 saturated heterocycles. The molecule has 1 N–H and O–H groups in total. The number of ketones is 1. The van der Waals surface area contributed by atoms with Gasteiger partial charge in [0.25, 0.3) is 0 Å². The van der Waals surface area contributed by atoms with Crippen molar-refractivity contribution in [2.24, 2.45) is 0 Å². The Balaban J connectivity index is 0.000000170. The first kappa shape index (κ1) is 55.3. The number of fused-ring (bicyclic) bond motifs is 4. The van der Waals surface area contributed by atoms with Crippen LogP contribution in [0.25, 0.3) is 22.3 Å². The molecule has 0 aromatic heterocycles. The molecular formula is C64H62BrCl2LiO3. The van der Waals surface area contributed by atoms with Crippen LogP contribution in [0.2, 0.25) is 10.0 Å². The van der Waals surface area contributed by atoms with Crippen molar-refractivity contribution in [2.45, 2.75) is 76.7 Å². The van der Waals surface area contributed by atoms with Gasteiger partial charge in [0.15, 0.2) is 5.78 Å². The van der Waals surface area contributed by atoms with Gasteiger partial charge in [0, 0.05) is 55.3 Å². The molecule has 358 valence electrons. The summed E-state index contributed by atoms with van der Waals surface area (Å²) in [6.07, 6.45) is 4.83. The molecule has 8 aromatic rings. The first-order valence-electron chi connectivity index (χ1n) is 24.1. The van der Waals surface area contributed by atoms with Gasteiger partial charge in [0.05, 0.1) is 0 Å². The number of rotatable bonds is 4. The zero-order chi connectivity index (χ0) is 49.9. The van der Waals surface area contributed by atoms with Crippen molar-refractivity contribution < 1.29 is 33.5 Å². The smallest absolute Gasteiger partial charge is 0.381 e. The van der Waals surface area contributed by atoms with Crippen LogP contribution in [0.1, 0.15) is 115 Å². The van der Waals surface area contributed by atoms with E-state index in [9.17, 15) is 9.90 Å². The average molecular weight is 1040 g/mol. The van der Waals surface area contributed by atoms with Crippen molar-refractivity contribution in [3.63, 3.8) is 0 Å². The summed E-state index contributed by atoms with van der Waals surface area (Å²) < 4.78 is 6.04. The number of hydrogen-bond donors (Lipinski definition) is 1. The number of benzene rings is 8. The normalized spacial score (nSPS) is 14.7. The number of hydrogen-bond acceptors (Lipinski definition) is 3. The summed E-state index contributed by atoms with van der Waals surface area (Å²) in [7, 11) is 0. The maximum atomic E-state index is 12.5. The molecule has 0 atom stereocenters. The second-order valence-corrected chi connectivity index (χ2v) is 20.4. The first-order chi connectivity index (χ1) is 33.7. The van der Waals surface area contributed by atoms with E-state index in [1.807, 2.05) is 133 Å². The van der Waals surface area contributed by atoms with Gasteiger partial charge < -0.3 is 16.8 Å². The van der Waals surface area contributed by atoms with Crippen LogP contribution in [0.4, 0.5) is 0 Å². The molecule has 71 heavy (non-hydrogen) atoms. The van der Waals surface area contributed by atoms with Crippen molar-refractivity contribution in [1.29, 1.82) is 0 Å². The van der Waals surface area contributed by atoms with Crippen LogP contribution in [-0.2, 0) is 21.2 Å². The predicted molar refractivity (Wildman–Crippen MR) is 297 cm³/mol. The predicted octanol–water partition coefficient (Wildman–Crippen LogP) is 14.7. The molecule has 1 fully saturated rings. The van der Waals surface area contributed by atoms with Crippen LogP contribution in [0.15, 0.2) is 199 Å². The Kier molecular flexibility index (Phi) is 19.6. The van der Waals surface area contributed by atoms with E-state index in [0.29, 0.717) is 5.02 Å². The van der Waals surface area contributed by atoms with E-state index < -0.39 is 5.60 Å². The summed E-state index contributed by atoms with van der Waals surface area (Å²) in [6, 6.07) is 64.3. The minimum atomic E-state index is -1.25. The third-order valence-electron chi connectivity index (χ3n) is 13.4. The third-order valence-corrected chi connectivity index (χ3v) is 14.5. The van der Waals surface area contributed by atoms with Crippen molar-refractivity contribution in [2.75, 3.05) is 13.2 Å². The number of unbranched alkanes of at least 4 members (excludes halogenated alkanes) is 1. The van der Waals surface area contributed by atoms with E-state index in [1.165, 1.54) is 30.4 Å². The van der Waals surface area contributed by atoms with Crippen LogP contribution in [0.5, 0.6) is 0 Å². The Morgan fingerprint density at radius 3 is 1.21 bits per heavy atom. The SMILES string of the molecule is C1CCOC1.CC1(C)c2ccccc2C(=O)c2ccccc21.CC1(C)c2ccccc2C(O)(c2ccccc2-c2ccc(Cl)cc2)c2ccccc21.Clc1ccc(-c2ccccc2Br)cc1.[CH2-]CCC.[Li+]. The summed E-state index contributed by atoms with van der Waals surface area (Å²) in [6.45, 7) is 16.5. The van der Waals surface area contributed by atoms with Gasteiger partial charge in [-0.25, -0.2) is 0 Å². The minimum Gasteiger partial charge on any atom is -0.381 e. The van der Waals surface area contributed by atoms with Gasteiger partial charge in [0.2, 0.25) is 0 Å². The standard InChI is InChI=1S/C28H23ClO.C16H14O.C12H8BrCl.C4H8O.C4H9.Li/c1-27(2)23-11-5-7-13-25(23)28(30,26-14-8-6-12-24(26)27)22-10-4-3-9-21(22)19-15-17-20(29)18-16-19;1-16(2)13-9-5-3-7-11(13)15(17)12-8-4-6-10-14(12)16;13-12-4-2-1-3-11(12)9-5-7-10(14)8-6-9;1-2-4-5-3-1;1-3-4-2;/h3-18,30H,1-2H3;3-10H,1-2H3;1-8H;1-4H2;1,3-4H2,2H3;/q;;;;-1;+1. The van der Waals surface area contributed by atoms with Gasteiger partial charge in [0.1, 0.15) is 5.60 Å². The molecule has 0 bridgehead atoms. The Morgan fingerprint density at radius 2 is 0.817 bits per heavy atom. The van der Waals surface area contributed by atoms with Gasteiger partial charge in [-0.05, 0) is 98.8 Å². The number of carbonyl (C=O) groups excluding carboxylic acids is 1. The van der Waals surface area contributed by atoms with E-state index in [2.05, 4.69) is 118 Å². The molecule has 3 nitrogen and oxygen atoms in total. The molecule has 11 rings (SSSR count). The van der Waals surface area contributed by atoms with E-state index in [-0.39, 0.29) is 35.5 Å². The molecule has 2 aliphatic carbocycles. The van der Waals surface area contributed by atoms with Crippen molar-refractivity contribution in [3.05, 3.63) is 266 Å². The van der Waals surface area contributed by atoms with Crippen molar-refractivity contribution in [3.8, 4) is 22.3 Å². The molecule has 3 aliphatic rings. The van der Waals surface area contributed by atoms with Crippen LogP contribution in [-0.4, -0.2) is 24.1 Å². The summed E-state index contributed by atoms with van der Waals surface area (Å²) in [5.41, 5.74) is 11.8. The molecule has 0 amide bonds. The number of aliphatic hydroxyl groups is 1. The summed E-state index contributed by atoms with van der Waals surface area (Å²) in [4.78, 5) is 12.4. The Hall–Kier alpha value is -4.99. The van der Waals surface area contributed by atoms with Gasteiger partial charge in [-0.1, -0.05) is 244 Å². The summed E-state index contributed by atoms with van der Waals surface area (Å²) in [5, 5.41) is 14.0. The quantitative estimate of drug-likeness (QED) is 0.141. The molecule has 1 heterocycles. The fourth-order valence-electron chi connectivity index (χ4n) is 9.52. The second kappa shape index (κ2) is 25.1. The zero-order valence-corrected chi connectivity index (χ0v) is 44.9. The average Bonchev–Trinajstić information content (AvgIpc) is 4.00. The fourth-order valence-corrected chi connectivity index (χ4v) is 10.3. The molecule has 8 aromatic carbocycles. The first-order valence-corrected chi connectivity index (χ1v) is 25.7. The maximum Gasteiger partial charge on any atom is 1.00 e. The maximum absolute atomic E-state index is 12.5. The van der Waals surface area contributed by atoms with Crippen LogP contribution < -0.4 is 18.9 Å². The van der Waals surface area contributed by atoms with Crippen LogP contribution in [0, 0.1) is 6.92 Å². The fraction of sp³-hybridized carbons (Fsp3) is 0.219. The molecule has 0 spiro atoms. The molecule has 7 heteroatoms. The molecule has 0 saturated carbocycles. The second-order valence-electron chi connectivity index (χ2n) is 18.7. The molecule has 1 aliphatic heterocycles. The number of ether oxygens (including phenoxy) is 1. The Labute approximate surface area is 453 Å². The van der Waals surface area contributed by atoms with E-state index in [4.69, 9.17) is 27.9 Å². The molecular weight excluding hydrogens is 974 g/mol.